The molecule has 21 heavy (non-hydrogen) atoms. The Hall–Kier alpha value is -1.35. The van der Waals surface area contributed by atoms with Crippen molar-refractivity contribution in [2.75, 3.05) is 7.11 Å². The first kappa shape index (κ1) is 14.6. The van der Waals surface area contributed by atoms with Crippen molar-refractivity contribution in [1.29, 1.82) is 0 Å². The number of benzene rings is 1. The molecule has 1 aromatic rings. The molecule has 0 amide bonds. The van der Waals surface area contributed by atoms with E-state index >= 15 is 0 Å². The van der Waals surface area contributed by atoms with Gasteiger partial charge in [0, 0.05) is 18.0 Å². The Morgan fingerprint density at radius 2 is 2.05 bits per heavy atom. The third-order valence-corrected chi connectivity index (χ3v) is 5.10. The first-order valence-corrected chi connectivity index (χ1v) is 8.15. The van der Waals surface area contributed by atoms with Gasteiger partial charge in [-0.2, -0.15) is 0 Å². The van der Waals surface area contributed by atoms with Crippen molar-refractivity contribution in [3.05, 3.63) is 35.4 Å². The average molecular weight is 287 g/mol. The molecule has 3 heteroatoms. The Morgan fingerprint density at radius 3 is 2.71 bits per heavy atom. The second-order valence-corrected chi connectivity index (χ2v) is 6.43. The van der Waals surface area contributed by atoms with Crippen LogP contribution in [-0.2, 0) is 16.0 Å². The number of methoxy groups -OCH3 is 1. The number of piperidine rings is 1. The predicted molar refractivity (Wildman–Crippen MR) is 83.2 cm³/mol. The predicted octanol–water partition coefficient (Wildman–Crippen LogP) is 3.04. The molecule has 2 fully saturated rings. The zero-order chi connectivity index (χ0) is 14.8. The third kappa shape index (κ3) is 2.84. The molecule has 2 aliphatic rings. The van der Waals surface area contributed by atoms with Gasteiger partial charge in [0.15, 0.2) is 0 Å². The Balaban J connectivity index is 1.85. The quantitative estimate of drug-likeness (QED) is 0.865. The summed E-state index contributed by atoms with van der Waals surface area (Å²) >= 11 is 0. The first-order valence-electron chi connectivity index (χ1n) is 8.15. The largest absolute Gasteiger partial charge is 0.469 e. The van der Waals surface area contributed by atoms with E-state index in [0.717, 1.165) is 19.3 Å². The molecule has 1 N–H and O–H groups in total. The number of aryl methyl sites for hydroxylation is 1. The molecule has 2 bridgehead atoms. The lowest BCUT2D eigenvalue weighted by atomic mass is 9.77. The van der Waals surface area contributed by atoms with E-state index in [1.807, 2.05) is 0 Å². The van der Waals surface area contributed by atoms with E-state index in [9.17, 15) is 4.79 Å². The van der Waals surface area contributed by atoms with Crippen LogP contribution in [0, 0.1) is 5.92 Å². The summed E-state index contributed by atoms with van der Waals surface area (Å²) in [5, 5.41) is 3.59. The van der Waals surface area contributed by atoms with Gasteiger partial charge in [0.05, 0.1) is 13.0 Å². The van der Waals surface area contributed by atoms with Crippen LogP contribution in [0.25, 0.3) is 0 Å². The molecule has 114 valence electrons. The van der Waals surface area contributed by atoms with Gasteiger partial charge in [-0.3, -0.25) is 4.79 Å². The molecule has 1 aromatic carbocycles. The fourth-order valence-corrected chi connectivity index (χ4v) is 4.08. The van der Waals surface area contributed by atoms with Gasteiger partial charge in [-0.25, -0.2) is 0 Å². The molecule has 3 rings (SSSR count). The molecular formula is C18H25NO2. The molecule has 0 aromatic heterocycles. The number of nitrogens with one attached hydrogen (secondary N) is 1. The highest BCUT2D eigenvalue weighted by atomic mass is 16.5. The summed E-state index contributed by atoms with van der Waals surface area (Å²) in [6, 6.07) is 9.73. The van der Waals surface area contributed by atoms with Crippen molar-refractivity contribution in [1.82, 2.24) is 5.32 Å². The molecule has 2 saturated heterocycles. The minimum Gasteiger partial charge on any atom is -0.469 e. The molecule has 2 heterocycles. The fourth-order valence-electron chi connectivity index (χ4n) is 4.08. The number of hydrogen-bond acceptors (Lipinski definition) is 3. The van der Waals surface area contributed by atoms with Crippen LogP contribution in [-0.4, -0.2) is 25.2 Å². The number of rotatable bonds is 4. The number of ether oxygens (including phenoxy) is 1. The van der Waals surface area contributed by atoms with Crippen molar-refractivity contribution in [3.8, 4) is 0 Å². The molecular weight excluding hydrogens is 262 g/mol. The molecule has 0 spiro atoms. The fraction of sp³-hybridized carbons (Fsp3) is 0.611. The van der Waals surface area contributed by atoms with E-state index in [-0.39, 0.29) is 17.9 Å². The third-order valence-electron chi connectivity index (χ3n) is 5.10. The van der Waals surface area contributed by atoms with Crippen LogP contribution in [0.15, 0.2) is 24.3 Å². The summed E-state index contributed by atoms with van der Waals surface area (Å²) in [5.74, 6) is 0.202. The van der Waals surface area contributed by atoms with Crippen molar-refractivity contribution >= 4 is 5.97 Å². The molecule has 2 aliphatic heterocycles. The van der Waals surface area contributed by atoms with E-state index in [1.165, 1.54) is 31.1 Å². The number of fused-ring (bicyclic) bond motifs is 2. The van der Waals surface area contributed by atoms with Gasteiger partial charge in [-0.15, -0.1) is 0 Å². The minimum atomic E-state index is -0.0597. The van der Waals surface area contributed by atoms with Gasteiger partial charge in [0.25, 0.3) is 0 Å². The molecule has 0 aliphatic carbocycles. The summed E-state index contributed by atoms with van der Waals surface area (Å²) in [4.78, 5) is 12.2. The van der Waals surface area contributed by atoms with Gasteiger partial charge in [-0.05, 0) is 36.8 Å². The van der Waals surface area contributed by atoms with Crippen LogP contribution >= 0.6 is 0 Å². The Morgan fingerprint density at radius 1 is 1.29 bits per heavy atom. The summed E-state index contributed by atoms with van der Waals surface area (Å²) in [7, 11) is 1.50. The second-order valence-electron chi connectivity index (χ2n) is 6.43. The average Bonchev–Trinajstić information content (AvgIpc) is 2.89. The van der Waals surface area contributed by atoms with Crippen LogP contribution in [0.1, 0.15) is 49.7 Å². The van der Waals surface area contributed by atoms with Gasteiger partial charge in [0.2, 0.25) is 0 Å². The maximum absolute atomic E-state index is 12.2. The summed E-state index contributed by atoms with van der Waals surface area (Å²) in [6.45, 7) is 2.20. The Kier molecular flexibility index (Phi) is 4.29. The second kappa shape index (κ2) is 6.18. The van der Waals surface area contributed by atoms with Gasteiger partial charge < -0.3 is 10.1 Å². The standard InChI is InChI=1S/C18H25NO2/c1-3-4-12-5-7-13(8-6-12)15-11-14-9-10-16(19-14)17(15)18(20)21-2/h5-8,14-17,19H,3-4,9-11H2,1-2H3/t14-,15-,16?,17?/m1/s1. The van der Waals surface area contributed by atoms with Crippen molar-refractivity contribution < 1.29 is 9.53 Å². The number of hydrogen-bond donors (Lipinski definition) is 1. The lowest BCUT2D eigenvalue weighted by Gasteiger charge is -2.36. The van der Waals surface area contributed by atoms with Crippen LogP contribution < -0.4 is 5.32 Å². The van der Waals surface area contributed by atoms with E-state index in [4.69, 9.17) is 4.74 Å². The summed E-state index contributed by atoms with van der Waals surface area (Å²) < 4.78 is 5.08. The summed E-state index contributed by atoms with van der Waals surface area (Å²) in [6.07, 6.45) is 5.61. The molecule has 3 nitrogen and oxygen atoms in total. The summed E-state index contributed by atoms with van der Waals surface area (Å²) in [5.41, 5.74) is 2.68. The van der Waals surface area contributed by atoms with E-state index < -0.39 is 0 Å². The van der Waals surface area contributed by atoms with Crippen molar-refractivity contribution in [2.24, 2.45) is 5.92 Å². The van der Waals surface area contributed by atoms with Crippen LogP contribution in [0.4, 0.5) is 0 Å². The van der Waals surface area contributed by atoms with Gasteiger partial charge in [-0.1, -0.05) is 37.6 Å². The smallest absolute Gasteiger partial charge is 0.310 e. The van der Waals surface area contributed by atoms with Gasteiger partial charge >= 0.3 is 5.97 Å². The number of carbonyl (C=O) groups excluding carboxylic acids is 1. The lowest BCUT2D eigenvalue weighted by molar-refractivity contribution is -0.148. The normalized spacial score (nSPS) is 31.1. The highest BCUT2D eigenvalue weighted by Crippen LogP contribution is 2.42. The topological polar surface area (TPSA) is 38.3 Å². The molecule has 4 atom stereocenters. The maximum atomic E-state index is 12.2. The Bertz CT molecular complexity index is 496. The van der Waals surface area contributed by atoms with Crippen molar-refractivity contribution in [3.63, 3.8) is 0 Å². The van der Waals surface area contributed by atoms with E-state index in [2.05, 4.69) is 36.5 Å². The monoisotopic (exact) mass is 287 g/mol. The zero-order valence-corrected chi connectivity index (χ0v) is 13.0. The minimum absolute atomic E-state index is 0.0363. The van der Waals surface area contributed by atoms with E-state index in [1.54, 1.807) is 0 Å². The van der Waals surface area contributed by atoms with Crippen LogP contribution in [0.5, 0.6) is 0 Å². The van der Waals surface area contributed by atoms with Crippen LogP contribution in [0.3, 0.4) is 0 Å². The van der Waals surface area contributed by atoms with Crippen LogP contribution in [0.2, 0.25) is 0 Å². The molecule has 2 unspecified atom stereocenters. The lowest BCUT2D eigenvalue weighted by Crippen LogP contribution is -2.48. The van der Waals surface area contributed by atoms with Gasteiger partial charge in [0.1, 0.15) is 0 Å². The maximum Gasteiger partial charge on any atom is 0.310 e. The molecule has 0 radical (unpaired) electrons. The number of carbonyl (C=O) groups is 1. The van der Waals surface area contributed by atoms with E-state index in [0.29, 0.717) is 12.0 Å². The first-order chi connectivity index (χ1) is 10.2. The SMILES string of the molecule is CCCc1ccc([C@H]2C[C@H]3CCC(N3)C2C(=O)OC)cc1. The van der Waals surface area contributed by atoms with Crippen molar-refractivity contribution in [2.45, 2.75) is 57.0 Å². The highest BCUT2D eigenvalue weighted by Gasteiger charge is 2.46. The number of esters is 1. The Labute approximate surface area is 127 Å². The zero-order valence-electron chi connectivity index (χ0n) is 13.0. The molecule has 0 saturated carbocycles. The highest BCUT2D eigenvalue weighted by molar-refractivity contribution is 5.75.